The summed E-state index contributed by atoms with van der Waals surface area (Å²) < 4.78 is 12.9. The van der Waals surface area contributed by atoms with Crippen molar-refractivity contribution in [2.24, 2.45) is 0 Å². The van der Waals surface area contributed by atoms with Crippen LogP contribution >= 0.6 is 0 Å². The van der Waals surface area contributed by atoms with E-state index in [1.807, 2.05) is 25.1 Å². The van der Waals surface area contributed by atoms with Crippen molar-refractivity contribution in [2.45, 2.75) is 6.92 Å². The molecular weight excluding hydrogens is 281 g/mol. The van der Waals surface area contributed by atoms with Crippen molar-refractivity contribution in [3.8, 4) is 0 Å². The lowest BCUT2D eigenvalue weighted by Gasteiger charge is -2.35. The minimum atomic E-state index is -0.327. The van der Waals surface area contributed by atoms with E-state index in [1.165, 1.54) is 24.3 Å². The highest BCUT2D eigenvalue weighted by Crippen LogP contribution is 2.15. The molecule has 22 heavy (non-hydrogen) atoms. The number of aromatic nitrogens is 1. The van der Waals surface area contributed by atoms with Crippen LogP contribution in [0.2, 0.25) is 0 Å². The number of benzene rings is 1. The van der Waals surface area contributed by atoms with Crippen molar-refractivity contribution in [3.63, 3.8) is 0 Å². The molecule has 1 amide bonds. The predicted octanol–water partition coefficient (Wildman–Crippen LogP) is 2.49. The molecule has 0 unspecified atom stereocenters. The molecule has 1 aromatic carbocycles. The molecule has 5 heteroatoms. The first-order valence-electron chi connectivity index (χ1n) is 7.37. The van der Waals surface area contributed by atoms with E-state index in [-0.39, 0.29) is 11.7 Å². The second kappa shape index (κ2) is 6.13. The molecule has 0 N–H and O–H groups in total. The standard InChI is InChI=1S/C17H18FN3O/c1-13-3-2-4-16(19-13)20-9-11-21(12-10-20)17(22)14-5-7-15(18)8-6-14/h2-8H,9-12H2,1H3. The van der Waals surface area contributed by atoms with Gasteiger partial charge in [0.15, 0.2) is 0 Å². The van der Waals surface area contributed by atoms with E-state index in [2.05, 4.69) is 9.88 Å². The summed E-state index contributed by atoms with van der Waals surface area (Å²) in [6, 6.07) is 11.7. The lowest BCUT2D eigenvalue weighted by atomic mass is 10.1. The molecule has 2 aromatic rings. The normalized spacial score (nSPS) is 15.0. The zero-order valence-corrected chi connectivity index (χ0v) is 12.5. The summed E-state index contributed by atoms with van der Waals surface area (Å²) in [6.45, 7) is 4.77. The van der Waals surface area contributed by atoms with E-state index in [9.17, 15) is 9.18 Å². The van der Waals surface area contributed by atoms with Crippen LogP contribution in [0.5, 0.6) is 0 Å². The summed E-state index contributed by atoms with van der Waals surface area (Å²) >= 11 is 0. The predicted molar refractivity (Wildman–Crippen MR) is 83.5 cm³/mol. The van der Waals surface area contributed by atoms with E-state index in [0.29, 0.717) is 18.7 Å². The number of carbonyl (C=O) groups is 1. The third kappa shape index (κ3) is 3.08. The first kappa shape index (κ1) is 14.5. The Bertz CT molecular complexity index is 664. The molecule has 1 aromatic heterocycles. The van der Waals surface area contributed by atoms with Crippen molar-refractivity contribution in [3.05, 3.63) is 59.5 Å². The van der Waals surface area contributed by atoms with Crippen molar-refractivity contribution >= 4 is 11.7 Å². The fourth-order valence-corrected chi connectivity index (χ4v) is 2.62. The summed E-state index contributed by atoms with van der Waals surface area (Å²) in [5.74, 6) is 0.581. The van der Waals surface area contributed by atoms with Gasteiger partial charge in [-0.15, -0.1) is 0 Å². The Morgan fingerprint density at radius 3 is 2.36 bits per heavy atom. The highest BCUT2D eigenvalue weighted by atomic mass is 19.1. The second-order valence-corrected chi connectivity index (χ2v) is 5.42. The number of pyridine rings is 1. The number of nitrogens with zero attached hydrogens (tertiary/aromatic N) is 3. The summed E-state index contributed by atoms with van der Waals surface area (Å²) in [5.41, 5.74) is 1.52. The summed E-state index contributed by atoms with van der Waals surface area (Å²) in [6.07, 6.45) is 0. The van der Waals surface area contributed by atoms with Crippen LogP contribution in [-0.4, -0.2) is 42.0 Å². The number of amides is 1. The molecule has 0 spiro atoms. The van der Waals surface area contributed by atoms with Gasteiger partial charge in [0.05, 0.1) is 0 Å². The van der Waals surface area contributed by atoms with Crippen molar-refractivity contribution < 1.29 is 9.18 Å². The van der Waals surface area contributed by atoms with E-state index >= 15 is 0 Å². The van der Waals surface area contributed by atoms with Crippen LogP contribution < -0.4 is 4.90 Å². The number of carbonyl (C=O) groups excluding carboxylic acids is 1. The van der Waals surface area contributed by atoms with Crippen molar-refractivity contribution in [2.75, 3.05) is 31.1 Å². The van der Waals surface area contributed by atoms with Gasteiger partial charge in [-0.3, -0.25) is 4.79 Å². The van der Waals surface area contributed by atoms with Gasteiger partial charge < -0.3 is 9.80 Å². The van der Waals surface area contributed by atoms with E-state index in [1.54, 1.807) is 4.90 Å². The maximum absolute atomic E-state index is 12.9. The topological polar surface area (TPSA) is 36.4 Å². The van der Waals surface area contributed by atoms with Crippen LogP contribution in [0.1, 0.15) is 16.1 Å². The summed E-state index contributed by atoms with van der Waals surface area (Å²) in [4.78, 5) is 20.9. The lowest BCUT2D eigenvalue weighted by molar-refractivity contribution is 0.0746. The van der Waals surface area contributed by atoms with Crippen LogP contribution in [-0.2, 0) is 0 Å². The fraction of sp³-hybridized carbons (Fsp3) is 0.294. The second-order valence-electron chi connectivity index (χ2n) is 5.42. The number of hydrogen-bond acceptors (Lipinski definition) is 3. The number of hydrogen-bond donors (Lipinski definition) is 0. The Balaban J connectivity index is 1.64. The van der Waals surface area contributed by atoms with Gasteiger partial charge in [-0.25, -0.2) is 9.37 Å². The molecule has 0 aliphatic carbocycles. The molecule has 1 aliphatic heterocycles. The Morgan fingerprint density at radius 2 is 1.73 bits per heavy atom. The largest absolute Gasteiger partial charge is 0.353 e. The van der Waals surface area contributed by atoms with Crippen LogP contribution in [0.15, 0.2) is 42.5 Å². The minimum Gasteiger partial charge on any atom is -0.353 e. The van der Waals surface area contributed by atoms with Crippen molar-refractivity contribution in [1.82, 2.24) is 9.88 Å². The maximum Gasteiger partial charge on any atom is 0.253 e. The molecule has 1 aliphatic rings. The van der Waals surface area contributed by atoms with Gasteiger partial charge in [-0.05, 0) is 43.3 Å². The molecule has 4 nitrogen and oxygen atoms in total. The van der Waals surface area contributed by atoms with Crippen LogP contribution in [0.25, 0.3) is 0 Å². The SMILES string of the molecule is Cc1cccc(N2CCN(C(=O)c3ccc(F)cc3)CC2)n1. The number of rotatable bonds is 2. The quantitative estimate of drug-likeness (QED) is 0.855. The molecule has 3 rings (SSSR count). The number of aryl methyl sites for hydroxylation is 1. The number of piperazine rings is 1. The first-order chi connectivity index (χ1) is 10.6. The average Bonchev–Trinajstić information content (AvgIpc) is 2.55. The highest BCUT2D eigenvalue weighted by Gasteiger charge is 2.22. The molecule has 2 heterocycles. The molecular formula is C17H18FN3O. The summed E-state index contributed by atoms with van der Waals surface area (Å²) in [7, 11) is 0. The van der Waals surface area contributed by atoms with Gasteiger partial charge in [0.25, 0.3) is 5.91 Å². The Kier molecular flexibility index (Phi) is 4.04. The third-order valence-electron chi connectivity index (χ3n) is 3.86. The van der Waals surface area contributed by atoms with Crippen LogP contribution in [0, 0.1) is 12.7 Å². The van der Waals surface area contributed by atoms with E-state index in [4.69, 9.17) is 0 Å². The van der Waals surface area contributed by atoms with Gasteiger partial charge in [-0.1, -0.05) is 6.07 Å². The van der Waals surface area contributed by atoms with Gasteiger partial charge in [0, 0.05) is 37.4 Å². The smallest absolute Gasteiger partial charge is 0.253 e. The van der Waals surface area contributed by atoms with Crippen molar-refractivity contribution in [1.29, 1.82) is 0 Å². The maximum atomic E-state index is 12.9. The number of halogens is 1. The molecule has 0 atom stereocenters. The van der Waals surface area contributed by atoms with Gasteiger partial charge in [-0.2, -0.15) is 0 Å². The van der Waals surface area contributed by atoms with Crippen LogP contribution in [0.3, 0.4) is 0 Å². The van der Waals surface area contributed by atoms with Gasteiger partial charge in [0.1, 0.15) is 11.6 Å². The van der Waals surface area contributed by atoms with Gasteiger partial charge >= 0.3 is 0 Å². The molecule has 1 fully saturated rings. The third-order valence-corrected chi connectivity index (χ3v) is 3.86. The monoisotopic (exact) mass is 299 g/mol. The lowest BCUT2D eigenvalue weighted by Crippen LogP contribution is -2.49. The average molecular weight is 299 g/mol. The Labute approximate surface area is 129 Å². The molecule has 0 bridgehead atoms. The zero-order chi connectivity index (χ0) is 15.5. The Hall–Kier alpha value is -2.43. The minimum absolute atomic E-state index is 0.0446. The first-order valence-corrected chi connectivity index (χ1v) is 7.37. The van der Waals surface area contributed by atoms with E-state index in [0.717, 1.165) is 24.6 Å². The molecule has 1 saturated heterocycles. The summed E-state index contributed by atoms with van der Waals surface area (Å²) in [5, 5.41) is 0. The molecule has 0 saturated carbocycles. The van der Waals surface area contributed by atoms with Gasteiger partial charge in [0.2, 0.25) is 0 Å². The highest BCUT2D eigenvalue weighted by molar-refractivity contribution is 5.94. The molecule has 114 valence electrons. The fourth-order valence-electron chi connectivity index (χ4n) is 2.62. The van der Waals surface area contributed by atoms with Crippen LogP contribution in [0.4, 0.5) is 10.2 Å². The molecule has 0 radical (unpaired) electrons. The number of anilines is 1. The van der Waals surface area contributed by atoms with E-state index < -0.39 is 0 Å². The zero-order valence-electron chi connectivity index (χ0n) is 12.5. The Morgan fingerprint density at radius 1 is 1.05 bits per heavy atom.